The van der Waals surface area contributed by atoms with E-state index in [4.69, 9.17) is 16.0 Å². The minimum Gasteiger partial charge on any atom is -0.440 e. The van der Waals surface area contributed by atoms with Crippen LogP contribution in [0.2, 0.25) is 5.15 Å². The summed E-state index contributed by atoms with van der Waals surface area (Å²) in [6.45, 7) is 1.83. The number of rotatable bonds is 2. The van der Waals surface area contributed by atoms with Gasteiger partial charge >= 0.3 is 0 Å². The molecule has 1 aromatic carbocycles. The van der Waals surface area contributed by atoms with Gasteiger partial charge in [0.05, 0.1) is 0 Å². The Morgan fingerprint density at radius 2 is 1.79 bits per heavy atom. The van der Waals surface area contributed by atoms with E-state index < -0.39 is 0 Å². The van der Waals surface area contributed by atoms with Crippen molar-refractivity contribution < 1.29 is 4.42 Å². The van der Waals surface area contributed by atoms with Crippen LogP contribution in [-0.2, 0) is 0 Å². The molecular weight excluding hydrogens is 260 g/mol. The molecule has 0 bridgehead atoms. The molecule has 0 spiro atoms. The van der Waals surface area contributed by atoms with Crippen molar-refractivity contribution in [3.63, 3.8) is 0 Å². The number of oxazole rings is 1. The third kappa shape index (κ3) is 2.37. The fourth-order valence-corrected chi connectivity index (χ4v) is 2.04. The number of hydrogen-bond acceptors (Lipinski definition) is 3. The molecule has 4 heteroatoms. The second-order valence-corrected chi connectivity index (χ2v) is 4.53. The van der Waals surface area contributed by atoms with E-state index >= 15 is 0 Å². The second-order valence-electron chi connectivity index (χ2n) is 4.15. The van der Waals surface area contributed by atoms with Crippen LogP contribution in [-0.4, -0.2) is 9.97 Å². The Labute approximate surface area is 115 Å². The van der Waals surface area contributed by atoms with Gasteiger partial charge in [-0.05, 0) is 12.1 Å². The molecule has 0 N–H and O–H groups in total. The molecule has 0 aliphatic carbocycles. The van der Waals surface area contributed by atoms with Gasteiger partial charge in [0.15, 0.2) is 11.7 Å². The van der Waals surface area contributed by atoms with Crippen LogP contribution in [0.4, 0.5) is 0 Å². The summed E-state index contributed by atoms with van der Waals surface area (Å²) < 4.78 is 5.70. The Bertz CT molecular complexity index is 690. The molecule has 3 nitrogen and oxygen atoms in total. The van der Waals surface area contributed by atoms with Gasteiger partial charge in [0.1, 0.15) is 10.8 Å². The van der Waals surface area contributed by atoms with E-state index in [0.717, 1.165) is 16.8 Å². The molecule has 0 radical (unpaired) electrons. The van der Waals surface area contributed by atoms with E-state index in [-0.39, 0.29) is 0 Å². The van der Waals surface area contributed by atoms with E-state index in [1.807, 2.05) is 43.3 Å². The van der Waals surface area contributed by atoms with Gasteiger partial charge in [0, 0.05) is 24.2 Å². The molecule has 0 saturated heterocycles. The fourth-order valence-electron chi connectivity index (χ4n) is 1.92. The SMILES string of the molecule is Cc1nc(-c2ccccc2)c(-c2ccc(Cl)nc2)o1. The molecule has 2 aromatic heterocycles. The van der Waals surface area contributed by atoms with Gasteiger partial charge in [0.25, 0.3) is 0 Å². The van der Waals surface area contributed by atoms with Crippen LogP contribution in [0.5, 0.6) is 0 Å². The summed E-state index contributed by atoms with van der Waals surface area (Å²) in [4.78, 5) is 8.53. The molecule has 94 valence electrons. The molecule has 0 aliphatic rings. The summed E-state index contributed by atoms with van der Waals surface area (Å²) in [6, 6.07) is 13.5. The van der Waals surface area contributed by atoms with Crippen molar-refractivity contribution in [2.24, 2.45) is 0 Å². The molecule has 0 unspecified atom stereocenters. The zero-order valence-electron chi connectivity index (χ0n) is 10.3. The molecule has 0 amide bonds. The lowest BCUT2D eigenvalue weighted by atomic mass is 10.1. The van der Waals surface area contributed by atoms with Crippen molar-refractivity contribution in [2.45, 2.75) is 6.92 Å². The van der Waals surface area contributed by atoms with Gasteiger partial charge in [-0.1, -0.05) is 41.9 Å². The van der Waals surface area contributed by atoms with Crippen molar-refractivity contribution in [1.82, 2.24) is 9.97 Å². The Morgan fingerprint density at radius 3 is 2.47 bits per heavy atom. The van der Waals surface area contributed by atoms with Crippen LogP contribution in [0, 0.1) is 6.92 Å². The first kappa shape index (κ1) is 11.9. The molecule has 3 rings (SSSR count). The summed E-state index contributed by atoms with van der Waals surface area (Å²) in [6.07, 6.45) is 1.69. The maximum Gasteiger partial charge on any atom is 0.192 e. The highest BCUT2D eigenvalue weighted by molar-refractivity contribution is 6.29. The monoisotopic (exact) mass is 270 g/mol. The van der Waals surface area contributed by atoms with Gasteiger partial charge in [-0.25, -0.2) is 9.97 Å². The van der Waals surface area contributed by atoms with Gasteiger partial charge in [0.2, 0.25) is 0 Å². The van der Waals surface area contributed by atoms with Gasteiger partial charge in [-0.2, -0.15) is 0 Å². The maximum absolute atomic E-state index is 5.80. The molecule has 0 fully saturated rings. The van der Waals surface area contributed by atoms with Gasteiger partial charge in [-0.15, -0.1) is 0 Å². The average Bonchev–Trinajstić information content (AvgIpc) is 2.83. The first-order valence-electron chi connectivity index (χ1n) is 5.89. The lowest BCUT2D eigenvalue weighted by Gasteiger charge is -2.01. The second kappa shape index (κ2) is 4.86. The quantitative estimate of drug-likeness (QED) is 0.649. The van der Waals surface area contributed by atoms with Crippen molar-refractivity contribution in [2.75, 3.05) is 0 Å². The molecule has 0 saturated carbocycles. The number of benzene rings is 1. The van der Waals surface area contributed by atoms with Crippen LogP contribution in [0.3, 0.4) is 0 Å². The largest absolute Gasteiger partial charge is 0.440 e. The summed E-state index contributed by atoms with van der Waals surface area (Å²) in [5.41, 5.74) is 2.70. The highest BCUT2D eigenvalue weighted by atomic mass is 35.5. The van der Waals surface area contributed by atoms with Crippen molar-refractivity contribution in [3.8, 4) is 22.6 Å². The molecule has 0 atom stereocenters. The van der Waals surface area contributed by atoms with E-state index in [2.05, 4.69) is 9.97 Å². The number of hydrogen-bond donors (Lipinski definition) is 0. The first-order chi connectivity index (χ1) is 9.24. The number of aromatic nitrogens is 2. The fraction of sp³-hybridized carbons (Fsp3) is 0.0667. The number of pyridine rings is 1. The molecule has 19 heavy (non-hydrogen) atoms. The predicted octanol–water partition coefficient (Wildman–Crippen LogP) is 4.37. The van der Waals surface area contributed by atoms with Crippen LogP contribution < -0.4 is 0 Å². The third-order valence-corrected chi connectivity index (χ3v) is 2.99. The minimum absolute atomic E-state index is 0.459. The summed E-state index contributed by atoms with van der Waals surface area (Å²) in [5, 5.41) is 0.459. The average molecular weight is 271 g/mol. The van der Waals surface area contributed by atoms with Crippen LogP contribution in [0.15, 0.2) is 53.1 Å². The zero-order chi connectivity index (χ0) is 13.2. The Balaban J connectivity index is 2.15. The van der Waals surface area contributed by atoms with E-state index in [1.54, 1.807) is 12.3 Å². The van der Waals surface area contributed by atoms with Crippen molar-refractivity contribution in [3.05, 3.63) is 59.7 Å². The Kier molecular flexibility index (Phi) is 3.05. The molecule has 2 heterocycles. The Hall–Kier alpha value is -2.13. The number of nitrogens with zero attached hydrogens (tertiary/aromatic N) is 2. The standard InChI is InChI=1S/C15H11ClN2O/c1-10-18-14(11-5-3-2-4-6-11)15(19-10)12-7-8-13(16)17-9-12/h2-9H,1H3. The normalized spacial score (nSPS) is 10.6. The highest BCUT2D eigenvalue weighted by Crippen LogP contribution is 2.32. The smallest absolute Gasteiger partial charge is 0.192 e. The summed E-state index contributed by atoms with van der Waals surface area (Å²) in [7, 11) is 0. The lowest BCUT2D eigenvalue weighted by molar-refractivity contribution is 0.534. The molecular formula is C15H11ClN2O. The van der Waals surface area contributed by atoms with E-state index in [1.165, 1.54) is 0 Å². The summed E-state index contributed by atoms with van der Waals surface area (Å²) in [5.74, 6) is 1.34. The van der Waals surface area contributed by atoms with E-state index in [9.17, 15) is 0 Å². The van der Waals surface area contributed by atoms with Crippen molar-refractivity contribution >= 4 is 11.6 Å². The minimum atomic E-state index is 0.459. The lowest BCUT2D eigenvalue weighted by Crippen LogP contribution is -1.83. The maximum atomic E-state index is 5.80. The van der Waals surface area contributed by atoms with Gasteiger partial charge < -0.3 is 4.42 Å². The third-order valence-electron chi connectivity index (χ3n) is 2.77. The molecule has 0 aliphatic heterocycles. The number of halogens is 1. The van der Waals surface area contributed by atoms with Gasteiger partial charge in [-0.3, -0.25) is 0 Å². The zero-order valence-corrected chi connectivity index (χ0v) is 11.1. The topological polar surface area (TPSA) is 38.9 Å². The Morgan fingerprint density at radius 1 is 1.00 bits per heavy atom. The molecule has 3 aromatic rings. The number of aryl methyl sites for hydroxylation is 1. The van der Waals surface area contributed by atoms with Crippen LogP contribution >= 0.6 is 11.6 Å². The first-order valence-corrected chi connectivity index (χ1v) is 6.26. The highest BCUT2D eigenvalue weighted by Gasteiger charge is 2.15. The predicted molar refractivity (Wildman–Crippen MR) is 74.9 cm³/mol. The summed E-state index contributed by atoms with van der Waals surface area (Å²) >= 11 is 5.80. The van der Waals surface area contributed by atoms with E-state index in [0.29, 0.717) is 16.8 Å². The van der Waals surface area contributed by atoms with Crippen LogP contribution in [0.25, 0.3) is 22.6 Å². The van der Waals surface area contributed by atoms with Crippen LogP contribution in [0.1, 0.15) is 5.89 Å². The van der Waals surface area contributed by atoms with Crippen molar-refractivity contribution in [1.29, 1.82) is 0 Å².